The van der Waals surface area contributed by atoms with Crippen molar-refractivity contribution >= 4 is 76.8 Å². The maximum Gasteiger partial charge on any atom is 0.0541 e. The molecular weight excluding hydrogens is 504 g/mol. The molecule has 5 aromatic carbocycles. The lowest BCUT2D eigenvalue weighted by Gasteiger charge is -2.23. The van der Waals surface area contributed by atoms with E-state index in [4.69, 9.17) is 0 Å². The fourth-order valence-electron chi connectivity index (χ4n) is 6.96. The van der Waals surface area contributed by atoms with Crippen LogP contribution < -0.4 is 0 Å². The smallest absolute Gasteiger partial charge is 0.0541 e. The minimum Gasteiger partial charge on any atom is -0.313 e. The topological polar surface area (TPSA) is 9.86 Å². The Balaban J connectivity index is 1.30. The van der Waals surface area contributed by atoms with Gasteiger partial charge in [0.05, 0.1) is 22.1 Å². The molecule has 0 N–H and O–H groups in total. The van der Waals surface area contributed by atoms with Crippen LogP contribution in [0, 0.1) is 5.92 Å². The molecule has 1 aliphatic rings. The zero-order valence-corrected chi connectivity index (χ0v) is 23.0. The molecule has 3 aromatic heterocycles. The molecule has 0 aliphatic heterocycles. The van der Waals surface area contributed by atoms with Crippen molar-refractivity contribution in [2.24, 2.45) is 5.92 Å². The third-order valence-electron chi connectivity index (χ3n) is 8.75. The van der Waals surface area contributed by atoms with Crippen molar-refractivity contribution in [2.45, 2.75) is 13.3 Å². The third kappa shape index (κ3) is 2.98. The van der Waals surface area contributed by atoms with E-state index in [1.165, 1.54) is 75.5 Å². The van der Waals surface area contributed by atoms with Gasteiger partial charge in [-0.15, -0.1) is 11.3 Å². The number of thiophene rings is 1. The Hall–Kier alpha value is -4.60. The van der Waals surface area contributed by atoms with Crippen molar-refractivity contribution in [2.75, 3.05) is 0 Å². The molecule has 9 rings (SSSR count). The lowest BCUT2D eigenvalue weighted by atomic mass is 9.92. The largest absolute Gasteiger partial charge is 0.313 e. The summed E-state index contributed by atoms with van der Waals surface area (Å²) in [6.45, 7) is 2.38. The third-order valence-corrected chi connectivity index (χ3v) is 9.96. The van der Waals surface area contributed by atoms with Gasteiger partial charge in [0.2, 0.25) is 0 Å². The lowest BCUT2D eigenvalue weighted by molar-refractivity contribution is 0.717. The Morgan fingerprint density at radius 2 is 1.07 bits per heavy atom. The molecule has 0 radical (unpaired) electrons. The Kier molecular flexibility index (Phi) is 4.56. The summed E-state index contributed by atoms with van der Waals surface area (Å²) in [7, 11) is 0. The van der Waals surface area contributed by atoms with E-state index in [9.17, 15) is 0 Å². The van der Waals surface area contributed by atoms with Crippen molar-refractivity contribution in [3.8, 4) is 5.69 Å². The van der Waals surface area contributed by atoms with Crippen molar-refractivity contribution in [3.63, 3.8) is 0 Å². The van der Waals surface area contributed by atoms with E-state index in [0.29, 0.717) is 5.92 Å². The SMILES string of the molecule is CC1Cc2sc3ccc(-n4c5ccccc5c5ccccc54)cc3c2C=C1n1c2ccccc2c2ccccc21. The molecule has 0 fully saturated rings. The number of benzene rings is 5. The van der Waals surface area contributed by atoms with E-state index in [1.54, 1.807) is 0 Å². The summed E-state index contributed by atoms with van der Waals surface area (Å²) >= 11 is 1.96. The van der Waals surface area contributed by atoms with Crippen LogP contribution in [0.2, 0.25) is 0 Å². The van der Waals surface area contributed by atoms with Gasteiger partial charge in [-0.2, -0.15) is 0 Å². The molecule has 190 valence electrons. The van der Waals surface area contributed by atoms with Gasteiger partial charge in [0, 0.05) is 53.8 Å². The standard InChI is InChI=1S/C37H26N2S/c1-23-20-37-30(22-35(23)39-33-16-8-4-12-27(33)28-13-5-9-17-34(28)39)29-21-24(18-19-36(29)40-37)38-31-14-6-2-10-25(31)26-11-3-7-15-32(26)38/h2-19,21-23H,20H2,1H3. The van der Waals surface area contributed by atoms with Crippen molar-refractivity contribution in [1.82, 2.24) is 9.13 Å². The quantitative estimate of drug-likeness (QED) is 0.210. The second kappa shape index (κ2) is 8.20. The zero-order chi connectivity index (χ0) is 26.4. The fraction of sp³-hybridized carbons (Fsp3) is 0.0811. The number of para-hydroxylation sites is 4. The van der Waals surface area contributed by atoms with E-state index in [1.807, 2.05) is 11.3 Å². The second-order valence-corrected chi connectivity index (χ2v) is 12.2. The van der Waals surface area contributed by atoms with Crippen LogP contribution >= 0.6 is 11.3 Å². The van der Waals surface area contributed by atoms with E-state index in [-0.39, 0.29) is 0 Å². The lowest BCUT2D eigenvalue weighted by Crippen LogP contribution is -2.12. The first kappa shape index (κ1) is 22.2. The highest BCUT2D eigenvalue weighted by Crippen LogP contribution is 2.44. The molecule has 8 aromatic rings. The van der Waals surface area contributed by atoms with Gasteiger partial charge in [-0.25, -0.2) is 0 Å². The fourth-order valence-corrected chi connectivity index (χ4v) is 8.26. The predicted octanol–water partition coefficient (Wildman–Crippen LogP) is 10.3. The van der Waals surface area contributed by atoms with E-state index >= 15 is 0 Å². The van der Waals surface area contributed by atoms with E-state index in [0.717, 1.165) is 6.42 Å². The molecule has 0 saturated carbocycles. The van der Waals surface area contributed by atoms with Gasteiger partial charge in [0.1, 0.15) is 0 Å². The van der Waals surface area contributed by atoms with Gasteiger partial charge < -0.3 is 9.13 Å². The first-order valence-electron chi connectivity index (χ1n) is 14.0. The van der Waals surface area contributed by atoms with Gasteiger partial charge in [-0.1, -0.05) is 79.7 Å². The number of hydrogen-bond acceptors (Lipinski definition) is 1. The van der Waals surface area contributed by atoms with Crippen LogP contribution in [-0.4, -0.2) is 9.13 Å². The van der Waals surface area contributed by atoms with Crippen LogP contribution in [0.15, 0.2) is 115 Å². The Morgan fingerprint density at radius 3 is 1.62 bits per heavy atom. The molecule has 1 unspecified atom stereocenters. The Labute approximate surface area is 236 Å². The Morgan fingerprint density at radius 1 is 0.575 bits per heavy atom. The average Bonchev–Trinajstić information content (AvgIpc) is 3.64. The number of aromatic nitrogens is 2. The number of hydrogen-bond donors (Lipinski definition) is 0. The zero-order valence-electron chi connectivity index (χ0n) is 22.1. The van der Waals surface area contributed by atoms with Crippen LogP contribution in [0.25, 0.3) is 71.2 Å². The molecule has 0 bridgehead atoms. The van der Waals surface area contributed by atoms with Crippen LogP contribution in [0.5, 0.6) is 0 Å². The molecule has 3 heteroatoms. The number of fused-ring (bicyclic) bond motifs is 9. The molecule has 1 atom stereocenters. The average molecular weight is 531 g/mol. The van der Waals surface area contributed by atoms with E-state index < -0.39 is 0 Å². The highest BCUT2D eigenvalue weighted by atomic mass is 32.1. The highest BCUT2D eigenvalue weighted by Gasteiger charge is 2.25. The molecule has 0 spiro atoms. The van der Waals surface area contributed by atoms with Gasteiger partial charge in [-0.3, -0.25) is 0 Å². The monoisotopic (exact) mass is 530 g/mol. The molecule has 2 nitrogen and oxygen atoms in total. The Bertz CT molecular complexity index is 2220. The van der Waals surface area contributed by atoms with Crippen LogP contribution in [-0.2, 0) is 6.42 Å². The minimum atomic E-state index is 0.427. The van der Waals surface area contributed by atoms with Gasteiger partial charge in [0.25, 0.3) is 0 Å². The molecule has 3 heterocycles. The molecular formula is C37H26N2S. The maximum atomic E-state index is 2.51. The van der Waals surface area contributed by atoms with Gasteiger partial charge in [-0.05, 0) is 60.5 Å². The van der Waals surface area contributed by atoms with Crippen LogP contribution in [0.4, 0.5) is 0 Å². The van der Waals surface area contributed by atoms with Crippen LogP contribution in [0.3, 0.4) is 0 Å². The summed E-state index contributed by atoms with van der Waals surface area (Å²) in [5.41, 5.74) is 9.07. The summed E-state index contributed by atoms with van der Waals surface area (Å²) in [6, 6.07) is 42.2. The maximum absolute atomic E-state index is 2.51. The van der Waals surface area contributed by atoms with E-state index in [2.05, 4.69) is 137 Å². The number of rotatable bonds is 2. The first-order chi connectivity index (χ1) is 19.8. The summed E-state index contributed by atoms with van der Waals surface area (Å²) < 4.78 is 6.30. The predicted molar refractivity (Wildman–Crippen MR) is 173 cm³/mol. The van der Waals surface area contributed by atoms with Crippen molar-refractivity contribution in [3.05, 3.63) is 126 Å². The molecule has 0 saturated heterocycles. The first-order valence-corrected chi connectivity index (χ1v) is 14.8. The van der Waals surface area contributed by atoms with Gasteiger partial charge in [0.15, 0.2) is 0 Å². The number of allylic oxidation sites excluding steroid dienone is 1. The molecule has 0 amide bonds. The normalized spacial score (nSPS) is 15.4. The minimum absolute atomic E-state index is 0.427. The van der Waals surface area contributed by atoms with Crippen molar-refractivity contribution < 1.29 is 0 Å². The summed E-state index contributed by atoms with van der Waals surface area (Å²) in [6.07, 6.45) is 3.54. The summed E-state index contributed by atoms with van der Waals surface area (Å²) in [5.74, 6) is 0.427. The molecule has 40 heavy (non-hydrogen) atoms. The van der Waals surface area contributed by atoms with Gasteiger partial charge >= 0.3 is 0 Å². The molecule has 1 aliphatic carbocycles. The highest BCUT2D eigenvalue weighted by molar-refractivity contribution is 7.19. The van der Waals surface area contributed by atoms with Crippen molar-refractivity contribution in [1.29, 1.82) is 0 Å². The second-order valence-electron chi connectivity index (χ2n) is 11.0. The summed E-state index contributed by atoms with van der Waals surface area (Å²) in [5, 5.41) is 6.59. The summed E-state index contributed by atoms with van der Waals surface area (Å²) in [4.78, 5) is 1.49. The number of nitrogens with zero attached hydrogens (tertiary/aromatic N) is 2. The van der Waals surface area contributed by atoms with Crippen LogP contribution in [0.1, 0.15) is 17.4 Å².